The predicted molar refractivity (Wildman–Crippen MR) is 82.6 cm³/mol. The van der Waals surface area contributed by atoms with Crippen molar-refractivity contribution >= 4 is 11.6 Å². The second-order valence-corrected chi connectivity index (χ2v) is 5.60. The lowest BCUT2D eigenvalue weighted by Gasteiger charge is -1.98. The number of benzene rings is 1. The minimum absolute atomic E-state index is 0.120. The molecule has 1 radical (unpaired) electrons. The molecule has 19 heavy (non-hydrogen) atoms. The Balaban J connectivity index is 2.00. The van der Waals surface area contributed by atoms with Gasteiger partial charge in [-0.05, 0) is 49.9 Å². The fraction of sp³-hybridized carbons (Fsp3) is 0.412. The van der Waals surface area contributed by atoms with E-state index in [-0.39, 0.29) is 6.04 Å². The van der Waals surface area contributed by atoms with Crippen molar-refractivity contribution < 1.29 is 0 Å². The quantitative estimate of drug-likeness (QED) is 0.597. The van der Waals surface area contributed by atoms with Crippen LogP contribution in [-0.4, -0.2) is 0 Å². The highest BCUT2D eigenvalue weighted by molar-refractivity contribution is 6.30. The first kappa shape index (κ1) is 14.2. The molecule has 1 aromatic carbocycles. The van der Waals surface area contributed by atoms with E-state index in [2.05, 4.69) is 30.8 Å². The fourth-order valence-electron chi connectivity index (χ4n) is 2.33. The molecule has 1 saturated carbocycles. The summed E-state index contributed by atoms with van der Waals surface area (Å²) in [4.78, 5) is 4.49. The van der Waals surface area contributed by atoms with Gasteiger partial charge < -0.3 is 0 Å². The number of halogens is 1. The first-order valence-electron chi connectivity index (χ1n) is 6.89. The van der Waals surface area contributed by atoms with Gasteiger partial charge in [0.15, 0.2) is 0 Å². The zero-order chi connectivity index (χ0) is 13.7. The summed E-state index contributed by atoms with van der Waals surface area (Å²) in [7, 11) is 0. The topological polar surface area (TPSA) is 4.36 Å². The molecule has 1 aliphatic carbocycles. The van der Waals surface area contributed by atoms with Crippen LogP contribution in [0.3, 0.4) is 0 Å². The van der Waals surface area contributed by atoms with Crippen molar-refractivity contribution in [1.82, 2.24) is 0 Å². The molecule has 1 unspecified atom stereocenters. The molecule has 0 aromatic heterocycles. The Morgan fingerprint density at radius 3 is 2.53 bits per heavy atom. The molecule has 1 aromatic rings. The van der Waals surface area contributed by atoms with Crippen LogP contribution in [0.4, 0.5) is 0 Å². The Hall–Kier alpha value is -1.26. The van der Waals surface area contributed by atoms with Gasteiger partial charge in [0.1, 0.15) is 0 Å². The van der Waals surface area contributed by atoms with Crippen LogP contribution in [0, 0.1) is 12.0 Å². The van der Waals surface area contributed by atoms with Gasteiger partial charge in [-0.3, -0.25) is 0 Å². The average molecular weight is 274 g/mol. The highest BCUT2D eigenvalue weighted by Crippen LogP contribution is 2.28. The molecule has 1 aliphatic rings. The minimum Gasteiger partial charge on any atom is -0.0843 e. The van der Waals surface area contributed by atoms with E-state index in [1.807, 2.05) is 24.3 Å². The second kappa shape index (κ2) is 6.78. The maximum atomic E-state index is 5.88. The lowest BCUT2D eigenvalue weighted by atomic mass is 10.1. The number of hydrogen-bond donors (Lipinski definition) is 0. The Morgan fingerprint density at radius 1 is 1.26 bits per heavy atom. The van der Waals surface area contributed by atoms with Crippen LogP contribution in [0.15, 0.2) is 35.9 Å². The third-order valence-corrected chi connectivity index (χ3v) is 3.71. The zero-order valence-corrected chi connectivity index (χ0v) is 12.4. The largest absolute Gasteiger partial charge is 0.306 e. The van der Waals surface area contributed by atoms with Crippen LogP contribution in [0.2, 0.25) is 5.02 Å². The Kier molecular flexibility index (Phi) is 5.05. The minimum atomic E-state index is 0.120. The lowest BCUT2D eigenvalue weighted by Crippen LogP contribution is -1.87. The van der Waals surface area contributed by atoms with Gasteiger partial charge in [-0.15, -0.1) is 0 Å². The Morgan fingerprint density at radius 2 is 1.89 bits per heavy atom. The molecule has 1 fully saturated rings. The molecule has 1 nitrogen and oxygen atoms in total. The van der Waals surface area contributed by atoms with Crippen LogP contribution < -0.4 is 0 Å². The molecule has 0 amide bonds. The van der Waals surface area contributed by atoms with E-state index in [0.29, 0.717) is 0 Å². The molecule has 0 bridgehead atoms. The van der Waals surface area contributed by atoms with E-state index in [9.17, 15) is 0 Å². The van der Waals surface area contributed by atoms with Crippen molar-refractivity contribution in [3.05, 3.63) is 57.3 Å². The van der Waals surface area contributed by atoms with Gasteiger partial charge in [0, 0.05) is 17.5 Å². The summed E-state index contributed by atoms with van der Waals surface area (Å²) in [6.45, 7) is 4.15. The smallest absolute Gasteiger partial charge is 0.0843 e. The molecular weight excluding hydrogens is 254 g/mol. The monoisotopic (exact) mass is 273 g/mol. The lowest BCUT2D eigenvalue weighted by molar-refractivity contribution is 0.886. The first-order valence-corrected chi connectivity index (χ1v) is 7.27. The van der Waals surface area contributed by atoms with E-state index >= 15 is 0 Å². The molecule has 0 N–H and O–H groups in total. The van der Waals surface area contributed by atoms with Crippen LogP contribution in [0.1, 0.15) is 51.1 Å². The van der Waals surface area contributed by atoms with Gasteiger partial charge >= 0.3 is 6.07 Å². The zero-order valence-electron chi connectivity index (χ0n) is 11.6. The van der Waals surface area contributed by atoms with Crippen molar-refractivity contribution in [2.24, 2.45) is 0 Å². The highest BCUT2D eigenvalue weighted by Gasteiger charge is 2.15. The van der Waals surface area contributed by atoms with E-state index in [1.54, 1.807) is 5.92 Å². The summed E-state index contributed by atoms with van der Waals surface area (Å²) >= 11 is 5.88. The van der Waals surface area contributed by atoms with Crippen LogP contribution in [-0.2, 0) is 0 Å². The summed E-state index contributed by atoms with van der Waals surface area (Å²) in [5.74, 6) is 1.54. The molecule has 1 atom stereocenters. The van der Waals surface area contributed by atoms with Gasteiger partial charge in [-0.1, -0.05) is 35.4 Å². The molecule has 99 valence electrons. The van der Waals surface area contributed by atoms with Gasteiger partial charge in [0.2, 0.25) is 0 Å². The molecule has 2 rings (SSSR count). The van der Waals surface area contributed by atoms with E-state index in [0.717, 1.165) is 10.6 Å². The number of rotatable bonds is 2. The summed E-state index contributed by atoms with van der Waals surface area (Å²) in [6.07, 6.45) is 7.39. The van der Waals surface area contributed by atoms with Crippen molar-refractivity contribution in [2.45, 2.75) is 45.6 Å². The second-order valence-electron chi connectivity index (χ2n) is 5.16. The van der Waals surface area contributed by atoms with Gasteiger partial charge in [0.05, 0.1) is 5.57 Å². The van der Waals surface area contributed by atoms with Crippen molar-refractivity contribution in [1.29, 1.82) is 0 Å². The molecule has 0 saturated heterocycles. The van der Waals surface area contributed by atoms with E-state index < -0.39 is 0 Å². The van der Waals surface area contributed by atoms with Gasteiger partial charge in [-0.2, -0.15) is 0 Å². The maximum Gasteiger partial charge on any atom is 0.306 e. The molecule has 0 heterocycles. The number of hydrogen-bond acceptors (Lipinski definition) is 0. The predicted octanol–water partition coefficient (Wildman–Crippen LogP) is 5.83. The normalized spacial score (nSPS) is 17.9. The Labute approximate surface area is 121 Å². The van der Waals surface area contributed by atoms with Crippen LogP contribution in [0.5, 0.6) is 0 Å². The summed E-state index contributed by atoms with van der Waals surface area (Å²) in [6, 6.07) is 11.1. The van der Waals surface area contributed by atoms with Crippen LogP contribution in [0.25, 0.3) is 4.85 Å². The Bertz CT molecular complexity index is 498. The maximum absolute atomic E-state index is 5.88. The third kappa shape index (κ3) is 4.40. The average Bonchev–Trinajstić information content (AvgIpc) is 2.89. The van der Waals surface area contributed by atoms with Gasteiger partial charge in [0.25, 0.3) is 6.04 Å². The standard InChI is InChI=1S/C17H20ClN/c1-13(11-15-5-3-4-6-15)12-19-14(2)16-7-9-17(18)10-8-16/h7-11,14H,3-6H2,1-2H3/q+1/b13-11+. The molecule has 0 aliphatic heterocycles. The summed E-state index contributed by atoms with van der Waals surface area (Å²) in [5.41, 5.74) is 2.29. The summed E-state index contributed by atoms with van der Waals surface area (Å²) in [5, 5.41) is 0.762. The molecule has 2 heteroatoms. The fourth-order valence-corrected chi connectivity index (χ4v) is 2.45. The van der Waals surface area contributed by atoms with Crippen LogP contribution >= 0.6 is 11.6 Å². The number of nitrogens with zero attached hydrogens (tertiary/aromatic N) is 1. The summed E-state index contributed by atoms with van der Waals surface area (Å²) < 4.78 is 0. The van der Waals surface area contributed by atoms with Gasteiger partial charge in [-0.25, -0.2) is 0 Å². The van der Waals surface area contributed by atoms with Crippen molar-refractivity contribution in [2.75, 3.05) is 0 Å². The SMILES string of the molecule is C/C(C#[N+]C(C)c1ccc(Cl)cc1)=C\[C]1CCCC1. The third-order valence-electron chi connectivity index (χ3n) is 3.45. The first-order chi connectivity index (χ1) is 9.15. The molecule has 0 spiro atoms. The van der Waals surface area contributed by atoms with E-state index in [4.69, 9.17) is 11.6 Å². The highest BCUT2D eigenvalue weighted by atomic mass is 35.5. The van der Waals surface area contributed by atoms with Crippen molar-refractivity contribution in [3.8, 4) is 6.07 Å². The van der Waals surface area contributed by atoms with Crippen molar-refractivity contribution in [3.63, 3.8) is 0 Å². The molecular formula is C17H20ClN+. The van der Waals surface area contributed by atoms with E-state index in [1.165, 1.54) is 31.2 Å². The number of allylic oxidation sites excluding steroid dienone is 2.